The second kappa shape index (κ2) is 10.1. The molecular weight excluding hydrogens is 382 g/mol. The topological polar surface area (TPSA) is 89.0 Å². The van der Waals surface area contributed by atoms with Crippen molar-refractivity contribution in [3.8, 4) is 11.5 Å². The molecule has 0 spiro atoms. The highest BCUT2D eigenvalue weighted by molar-refractivity contribution is 6.35. The van der Waals surface area contributed by atoms with Crippen LogP contribution in [-0.4, -0.2) is 38.8 Å². The maximum atomic E-state index is 12.0. The molecule has 0 radical (unpaired) electrons. The van der Waals surface area contributed by atoms with Crippen molar-refractivity contribution in [3.05, 3.63) is 71.8 Å². The van der Waals surface area contributed by atoms with Crippen LogP contribution >= 0.6 is 0 Å². The van der Waals surface area contributed by atoms with Crippen LogP contribution in [0.2, 0.25) is 0 Å². The second-order valence-corrected chi connectivity index (χ2v) is 6.46. The Morgan fingerprint density at radius 2 is 1.70 bits per heavy atom. The minimum atomic E-state index is -0.821. The lowest BCUT2D eigenvalue weighted by molar-refractivity contribution is -0.139. The Labute approximate surface area is 174 Å². The van der Waals surface area contributed by atoms with E-state index in [1.165, 1.54) is 6.21 Å². The highest BCUT2D eigenvalue weighted by atomic mass is 16.5. The lowest BCUT2D eigenvalue weighted by atomic mass is 10.1. The van der Waals surface area contributed by atoms with Crippen LogP contribution in [-0.2, 0) is 16.0 Å². The first-order chi connectivity index (χ1) is 14.6. The molecule has 0 fully saturated rings. The lowest BCUT2D eigenvalue weighted by Gasteiger charge is -2.10. The zero-order valence-corrected chi connectivity index (χ0v) is 16.8. The number of ether oxygens (including phenoxy) is 2. The van der Waals surface area contributed by atoms with Gasteiger partial charge < -0.3 is 14.8 Å². The van der Waals surface area contributed by atoms with Crippen molar-refractivity contribution in [2.45, 2.75) is 6.42 Å². The van der Waals surface area contributed by atoms with Crippen LogP contribution in [0.3, 0.4) is 0 Å². The third-order valence-electron chi connectivity index (χ3n) is 4.55. The molecule has 0 bridgehead atoms. The van der Waals surface area contributed by atoms with Gasteiger partial charge in [-0.2, -0.15) is 5.10 Å². The van der Waals surface area contributed by atoms with Gasteiger partial charge in [0.2, 0.25) is 0 Å². The van der Waals surface area contributed by atoms with Crippen LogP contribution in [0.4, 0.5) is 0 Å². The minimum absolute atomic E-state index is 0.300. The van der Waals surface area contributed by atoms with E-state index in [9.17, 15) is 9.59 Å². The van der Waals surface area contributed by atoms with E-state index in [4.69, 9.17) is 9.47 Å². The van der Waals surface area contributed by atoms with Crippen LogP contribution < -0.4 is 20.2 Å². The van der Waals surface area contributed by atoms with Crippen LogP contribution in [0.5, 0.6) is 11.5 Å². The summed E-state index contributed by atoms with van der Waals surface area (Å²) in [4.78, 5) is 23.9. The summed E-state index contributed by atoms with van der Waals surface area (Å²) in [5, 5.41) is 8.56. The van der Waals surface area contributed by atoms with Crippen molar-refractivity contribution in [2.24, 2.45) is 5.10 Å². The van der Waals surface area contributed by atoms with Gasteiger partial charge in [-0.3, -0.25) is 9.59 Å². The predicted molar refractivity (Wildman–Crippen MR) is 116 cm³/mol. The number of amides is 2. The third kappa shape index (κ3) is 5.14. The van der Waals surface area contributed by atoms with E-state index in [1.807, 2.05) is 54.6 Å². The SMILES string of the molecule is COc1ccc(CCNC(=O)C(=O)NN=Cc2cccc3ccccc23)cc1OC. The van der Waals surface area contributed by atoms with Gasteiger partial charge in [0, 0.05) is 12.1 Å². The van der Waals surface area contributed by atoms with Crippen LogP contribution in [0.1, 0.15) is 11.1 Å². The molecule has 0 aliphatic rings. The van der Waals surface area contributed by atoms with E-state index in [0.717, 1.165) is 21.9 Å². The summed E-state index contributed by atoms with van der Waals surface area (Å²) < 4.78 is 10.5. The van der Waals surface area contributed by atoms with Gasteiger partial charge in [-0.25, -0.2) is 5.43 Å². The Morgan fingerprint density at radius 1 is 0.933 bits per heavy atom. The second-order valence-electron chi connectivity index (χ2n) is 6.46. The highest BCUT2D eigenvalue weighted by Crippen LogP contribution is 2.27. The standard InChI is InChI=1S/C23H23N3O4/c1-29-20-11-10-16(14-21(20)30-2)12-13-24-22(27)23(28)26-25-15-18-8-5-7-17-6-3-4-9-19(17)18/h3-11,14-15H,12-13H2,1-2H3,(H,24,27)(H,26,28). The van der Waals surface area contributed by atoms with E-state index < -0.39 is 11.8 Å². The molecule has 3 aromatic carbocycles. The molecule has 0 aliphatic heterocycles. The maximum absolute atomic E-state index is 12.0. The molecule has 0 aliphatic carbocycles. The number of rotatable bonds is 7. The zero-order chi connectivity index (χ0) is 21.3. The zero-order valence-electron chi connectivity index (χ0n) is 16.8. The summed E-state index contributed by atoms with van der Waals surface area (Å²) in [7, 11) is 3.13. The molecule has 0 saturated heterocycles. The van der Waals surface area contributed by atoms with Gasteiger partial charge in [-0.15, -0.1) is 0 Å². The smallest absolute Gasteiger partial charge is 0.329 e. The molecule has 0 saturated carbocycles. The number of fused-ring (bicyclic) bond motifs is 1. The van der Waals surface area contributed by atoms with Crippen LogP contribution in [0, 0.1) is 0 Å². The van der Waals surface area contributed by atoms with Crippen molar-refractivity contribution < 1.29 is 19.1 Å². The summed E-state index contributed by atoms with van der Waals surface area (Å²) in [5.74, 6) is -0.320. The summed E-state index contributed by atoms with van der Waals surface area (Å²) in [6.45, 7) is 0.300. The lowest BCUT2D eigenvalue weighted by Crippen LogP contribution is -2.38. The van der Waals surface area contributed by atoms with Crippen LogP contribution in [0.15, 0.2) is 65.8 Å². The van der Waals surface area contributed by atoms with Gasteiger partial charge in [-0.05, 0) is 34.9 Å². The maximum Gasteiger partial charge on any atom is 0.329 e. The number of methoxy groups -OCH3 is 2. The molecule has 0 heterocycles. The number of hydrazone groups is 1. The molecule has 0 aromatic heterocycles. The van der Waals surface area contributed by atoms with Gasteiger partial charge in [-0.1, -0.05) is 48.5 Å². The molecule has 3 aromatic rings. The first kappa shape index (κ1) is 20.9. The molecule has 0 unspecified atom stereocenters. The van der Waals surface area contributed by atoms with Gasteiger partial charge >= 0.3 is 11.8 Å². The third-order valence-corrected chi connectivity index (χ3v) is 4.55. The Bertz CT molecular complexity index is 1070. The number of carbonyl (C=O) groups excluding carboxylic acids is 2. The van der Waals surface area contributed by atoms with Crippen LogP contribution in [0.25, 0.3) is 10.8 Å². The van der Waals surface area contributed by atoms with Crippen molar-refractivity contribution in [2.75, 3.05) is 20.8 Å². The van der Waals surface area contributed by atoms with E-state index in [-0.39, 0.29) is 0 Å². The Balaban J connectivity index is 1.50. The number of nitrogens with zero attached hydrogens (tertiary/aromatic N) is 1. The molecule has 154 valence electrons. The van der Waals surface area contributed by atoms with Gasteiger partial charge in [0.15, 0.2) is 11.5 Å². The molecule has 3 rings (SSSR count). The number of hydrogen-bond donors (Lipinski definition) is 2. The fourth-order valence-corrected chi connectivity index (χ4v) is 3.01. The van der Waals surface area contributed by atoms with Crippen molar-refractivity contribution in [1.82, 2.24) is 10.7 Å². The van der Waals surface area contributed by atoms with Gasteiger partial charge in [0.05, 0.1) is 20.4 Å². The van der Waals surface area contributed by atoms with Crippen molar-refractivity contribution >= 4 is 28.8 Å². The number of nitrogens with one attached hydrogen (secondary N) is 2. The molecule has 2 N–H and O–H groups in total. The number of benzene rings is 3. The summed E-state index contributed by atoms with van der Waals surface area (Å²) >= 11 is 0. The van der Waals surface area contributed by atoms with E-state index in [0.29, 0.717) is 24.5 Å². The molecular formula is C23H23N3O4. The fraction of sp³-hybridized carbons (Fsp3) is 0.174. The number of carbonyl (C=O) groups is 2. The first-order valence-electron chi connectivity index (χ1n) is 9.42. The normalized spacial score (nSPS) is 10.7. The molecule has 2 amide bonds. The quantitative estimate of drug-likeness (QED) is 0.359. The van der Waals surface area contributed by atoms with Gasteiger partial charge in [0.25, 0.3) is 0 Å². The average Bonchev–Trinajstić information content (AvgIpc) is 2.78. The summed E-state index contributed by atoms with van der Waals surface area (Å²) in [6, 6.07) is 19.2. The molecule has 7 heteroatoms. The Hall–Kier alpha value is -3.87. The summed E-state index contributed by atoms with van der Waals surface area (Å²) in [5.41, 5.74) is 4.06. The first-order valence-corrected chi connectivity index (χ1v) is 9.42. The number of hydrogen-bond acceptors (Lipinski definition) is 5. The largest absolute Gasteiger partial charge is 0.493 e. The van der Waals surface area contributed by atoms with E-state index in [2.05, 4.69) is 15.8 Å². The summed E-state index contributed by atoms with van der Waals surface area (Å²) in [6.07, 6.45) is 2.07. The fourth-order valence-electron chi connectivity index (χ4n) is 3.01. The minimum Gasteiger partial charge on any atom is -0.493 e. The highest BCUT2D eigenvalue weighted by Gasteiger charge is 2.12. The average molecular weight is 405 g/mol. The molecule has 7 nitrogen and oxygen atoms in total. The van der Waals surface area contributed by atoms with E-state index in [1.54, 1.807) is 20.3 Å². The monoisotopic (exact) mass is 405 g/mol. The Kier molecular flexibility index (Phi) is 7.00. The Morgan fingerprint density at radius 3 is 2.50 bits per heavy atom. The van der Waals surface area contributed by atoms with Crippen molar-refractivity contribution in [3.63, 3.8) is 0 Å². The predicted octanol–water partition coefficient (Wildman–Crippen LogP) is 2.67. The molecule has 30 heavy (non-hydrogen) atoms. The van der Waals surface area contributed by atoms with Crippen molar-refractivity contribution in [1.29, 1.82) is 0 Å². The van der Waals surface area contributed by atoms with E-state index >= 15 is 0 Å². The molecule has 0 atom stereocenters. The van der Waals surface area contributed by atoms with Gasteiger partial charge in [0.1, 0.15) is 0 Å².